The number of aromatic nitrogens is 1. The minimum Gasteiger partial charge on any atom is -0.462 e. The number of hydrogen-bond acceptors (Lipinski definition) is 6. The van der Waals surface area contributed by atoms with Crippen LogP contribution in [0.4, 0.5) is 0 Å². The first-order valence-corrected chi connectivity index (χ1v) is 10.8. The van der Waals surface area contributed by atoms with Gasteiger partial charge in [-0.15, -0.1) is 46.7 Å². The predicted octanol–water partition coefficient (Wildman–Crippen LogP) is 4.41. The minimum absolute atomic E-state index is 0. The zero-order valence-electron chi connectivity index (χ0n) is 16.9. The molecular formula is C19H29IN4O2S2. The molecule has 0 amide bonds. The van der Waals surface area contributed by atoms with Crippen LogP contribution in [-0.4, -0.2) is 37.1 Å². The summed E-state index contributed by atoms with van der Waals surface area (Å²) in [5.74, 6) is 0.914. The van der Waals surface area contributed by atoms with Crippen LogP contribution in [0.1, 0.15) is 52.1 Å². The Bertz CT molecular complexity index is 762. The summed E-state index contributed by atoms with van der Waals surface area (Å²) >= 11 is 3.16. The number of carbonyl (C=O) groups is 1. The van der Waals surface area contributed by atoms with Crippen LogP contribution in [0.25, 0.3) is 0 Å². The maximum atomic E-state index is 12.0. The van der Waals surface area contributed by atoms with Crippen LogP contribution in [0.5, 0.6) is 0 Å². The maximum Gasteiger partial charge on any atom is 0.350 e. The number of nitrogens with zero attached hydrogens (tertiary/aromatic N) is 2. The van der Waals surface area contributed by atoms with E-state index in [0.717, 1.165) is 23.9 Å². The van der Waals surface area contributed by atoms with Crippen molar-refractivity contribution >= 4 is 58.6 Å². The fraction of sp³-hybridized carbons (Fsp3) is 0.526. The Balaban J connectivity index is 0.00000392. The average Bonchev–Trinajstić information content (AvgIpc) is 3.28. The molecular weight excluding hydrogens is 507 g/mol. The minimum atomic E-state index is -0.309. The lowest BCUT2D eigenvalue weighted by Crippen LogP contribution is -2.40. The van der Waals surface area contributed by atoms with E-state index in [1.807, 2.05) is 13.8 Å². The molecule has 156 valence electrons. The number of aliphatic imine (C=N–C) groups is 1. The van der Waals surface area contributed by atoms with E-state index in [1.165, 1.54) is 16.2 Å². The number of thiazole rings is 1. The molecule has 0 spiro atoms. The van der Waals surface area contributed by atoms with E-state index in [0.29, 0.717) is 23.1 Å². The van der Waals surface area contributed by atoms with Crippen molar-refractivity contribution in [3.63, 3.8) is 0 Å². The lowest BCUT2D eigenvalue weighted by molar-refractivity contribution is 0.0531. The fourth-order valence-corrected chi connectivity index (χ4v) is 4.40. The van der Waals surface area contributed by atoms with Gasteiger partial charge in [0.1, 0.15) is 9.88 Å². The lowest BCUT2D eigenvalue weighted by atomic mass is 10.1. The molecule has 0 bridgehead atoms. The van der Waals surface area contributed by atoms with Crippen LogP contribution < -0.4 is 10.6 Å². The van der Waals surface area contributed by atoms with Gasteiger partial charge in [-0.05, 0) is 44.6 Å². The van der Waals surface area contributed by atoms with Gasteiger partial charge in [0.05, 0.1) is 18.3 Å². The van der Waals surface area contributed by atoms with Crippen molar-refractivity contribution in [3.05, 3.63) is 38.0 Å². The van der Waals surface area contributed by atoms with Crippen molar-refractivity contribution in [2.75, 3.05) is 20.2 Å². The standard InChI is InChI=1S/C19H28N4O2S2.HI/c1-6-25-18(24)16-13(3)22-17(27-16)14(4)23-19(20-5)21-11-12(2)10-15-8-7-9-26-15;/h7-9,12,14H,6,10-11H2,1-5H3,(H2,20,21,23);1H. The Morgan fingerprint density at radius 3 is 2.75 bits per heavy atom. The second-order valence-electron chi connectivity index (χ2n) is 6.39. The molecule has 0 aliphatic rings. The number of hydrogen-bond donors (Lipinski definition) is 2. The van der Waals surface area contributed by atoms with E-state index in [9.17, 15) is 4.79 Å². The highest BCUT2D eigenvalue weighted by atomic mass is 127. The Labute approximate surface area is 192 Å². The molecule has 2 rings (SSSR count). The van der Waals surface area contributed by atoms with E-state index in [2.05, 4.69) is 45.0 Å². The summed E-state index contributed by atoms with van der Waals surface area (Å²) in [5, 5.41) is 9.67. The number of ether oxygens (including phenoxy) is 1. The summed E-state index contributed by atoms with van der Waals surface area (Å²) in [4.78, 5) is 22.8. The molecule has 2 atom stereocenters. The number of esters is 1. The van der Waals surface area contributed by atoms with Crippen molar-refractivity contribution in [2.45, 2.75) is 40.2 Å². The first kappa shape index (κ1) is 24.8. The summed E-state index contributed by atoms with van der Waals surface area (Å²) < 4.78 is 5.09. The molecule has 2 heterocycles. The van der Waals surface area contributed by atoms with Gasteiger partial charge in [0.15, 0.2) is 5.96 Å². The van der Waals surface area contributed by atoms with Crippen LogP contribution >= 0.6 is 46.7 Å². The van der Waals surface area contributed by atoms with Crippen LogP contribution in [0.15, 0.2) is 22.5 Å². The molecule has 2 N–H and O–H groups in total. The van der Waals surface area contributed by atoms with Gasteiger partial charge in [-0.25, -0.2) is 9.78 Å². The zero-order chi connectivity index (χ0) is 19.8. The smallest absolute Gasteiger partial charge is 0.350 e. The molecule has 0 saturated carbocycles. The van der Waals surface area contributed by atoms with E-state index in [1.54, 1.807) is 25.3 Å². The van der Waals surface area contributed by atoms with Crippen molar-refractivity contribution in [1.29, 1.82) is 0 Å². The Morgan fingerprint density at radius 2 is 2.14 bits per heavy atom. The van der Waals surface area contributed by atoms with Crippen molar-refractivity contribution in [2.24, 2.45) is 10.9 Å². The van der Waals surface area contributed by atoms with E-state index in [4.69, 9.17) is 4.74 Å². The van der Waals surface area contributed by atoms with Gasteiger partial charge >= 0.3 is 5.97 Å². The zero-order valence-corrected chi connectivity index (χ0v) is 20.9. The third-order valence-corrected chi connectivity index (χ3v) is 6.19. The first-order valence-electron chi connectivity index (χ1n) is 9.08. The fourth-order valence-electron chi connectivity index (χ4n) is 2.57. The molecule has 28 heavy (non-hydrogen) atoms. The monoisotopic (exact) mass is 536 g/mol. The molecule has 9 heteroatoms. The lowest BCUT2D eigenvalue weighted by Gasteiger charge is -2.18. The van der Waals surface area contributed by atoms with E-state index < -0.39 is 0 Å². The molecule has 0 fully saturated rings. The van der Waals surface area contributed by atoms with Crippen LogP contribution in [0.2, 0.25) is 0 Å². The van der Waals surface area contributed by atoms with Crippen LogP contribution in [0, 0.1) is 12.8 Å². The van der Waals surface area contributed by atoms with Crippen molar-refractivity contribution < 1.29 is 9.53 Å². The van der Waals surface area contributed by atoms with Gasteiger partial charge in [0.2, 0.25) is 0 Å². The predicted molar refractivity (Wildman–Crippen MR) is 128 cm³/mol. The molecule has 6 nitrogen and oxygen atoms in total. The maximum absolute atomic E-state index is 12.0. The van der Waals surface area contributed by atoms with Gasteiger partial charge < -0.3 is 15.4 Å². The van der Waals surface area contributed by atoms with Crippen molar-refractivity contribution in [1.82, 2.24) is 15.6 Å². The van der Waals surface area contributed by atoms with Crippen molar-refractivity contribution in [3.8, 4) is 0 Å². The van der Waals surface area contributed by atoms with Gasteiger partial charge in [-0.2, -0.15) is 0 Å². The van der Waals surface area contributed by atoms with Gasteiger partial charge in [0.25, 0.3) is 0 Å². The van der Waals surface area contributed by atoms with Gasteiger partial charge in [-0.1, -0.05) is 13.0 Å². The highest BCUT2D eigenvalue weighted by Gasteiger charge is 2.20. The summed E-state index contributed by atoms with van der Waals surface area (Å²) in [6.45, 7) is 9.05. The molecule has 2 unspecified atom stereocenters. The van der Waals surface area contributed by atoms with E-state index in [-0.39, 0.29) is 36.0 Å². The highest BCUT2D eigenvalue weighted by molar-refractivity contribution is 14.0. The number of nitrogens with one attached hydrogen (secondary N) is 2. The molecule has 0 radical (unpaired) electrons. The molecule has 2 aromatic heterocycles. The summed E-state index contributed by atoms with van der Waals surface area (Å²) in [6, 6.07) is 4.20. The quantitative estimate of drug-likeness (QED) is 0.226. The summed E-state index contributed by atoms with van der Waals surface area (Å²) in [7, 11) is 1.75. The normalized spacial score (nSPS) is 13.4. The summed E-state index contributed by atoms with van der Waals surface area (Å²) in [6.07, 6.45) is 1.05. The van der Waals surface area contributed by atoms with Crippen LogP contribution in [-0.2, 0) is 11.2 Å². The topological polar surface area (TPSA) is 75.6 Å². The highest BCUT2D eigenvalue weighted by Crippen LogP contribution is 2.24. The van der Waals surface area contributed by atoms with Gasteiger partial charge in [0, 0.05) is 18.5 Å². The number of halogens is 1. The van der Waals surface area contributed by atoms with Gasteiger partial charge in [-0.3, -0.25) is 4.99 Å². The first-order chi connectivity index (χ1) is 12.9. The number of carbonyl (C=O) groups excluding carboxylic acids is 1. The Morgan fingerprint density at radius 1 is 1.39 bits per heavy atom. The third kappa shape index (κ3) is 7.32. The second-order valence-corrected chi connectivity index (χ2v) is 8.46. The molecule has 0 aliphatic heterocycles. The number of rotatable bonds is 8. The summed E-state index contributed by atoms with van der Waals surface area (Å²) in [5.41, 5.74) is 0.703. The Hall–Kier alpha value is -1.20. The third-order valence-electron chi connectivity index (χ3n) is 3.97. The largest absolute Gasteiger partial charge is 0.462 e. The molecule has 0 aliphatic carbocycles. The second kappa shape index (κ2) is 12.4. The number of guanidine groups is 1. The molecule has 0 aromatic carbocycles. The molecule has 2 aromatic rings. The average molecular weight is 537 g/mol. The Kier molecular flexibility index (Phi) is 11.0. The van der Waals surface area contributed by atoms with Crippen LogP contribution in [0.3, 0.4) is 0 Å². The molecule has 0 saturated heterocycles. The number of thiophene rings is 1. The SMILES string of the molecule is CCOC(=O)c1sc(C(C)NC(=NC)NCC(C)Cc2cccs2)nc1C.I. The van der Waals surface area contributed by atoms with E-state index >= 15 is 0 Å². The number of aryl methyl sites for hydroxylation is 1.